The molecule has 4 nitrogen and oxygen atoms in total. The van der Waals surface area contributed by atoms with E-state index in [1.54, 1.807) is 0 Å². The van der Waals surface area contributed by atoms with Crippen molar-refractivity contribution in [2.24, 2.45) is 0 Å². The molecule has 0 saturated heterocycles. The van der Waals surface area contributed by atoms with Gasteiger partial charge in [0.05, 0.1) is 5.25 Å². The van der Waals surface area contributed by atoms with Gasteiger partial charge in [-0.25, -0.2) is 0 Å². The summed E-state index contributed by atoms with van der Waals surface area (Å²) in [6.45, 7) is 6.05. The second-order valence-electron chi connectivity index (χ2n) is 7.21. The first-order valence-corrected chi connectivity index (χ1v) is 10.2. The van der Waals surface area contributed by atoms with E-state index in [1.165, 1.54) is 17.3 Å². The van der Waals surface area contributed by atoms with Crippen molar-refractivity contribution in [3.63, 3.8) is 0 Å². The Morgan fingerprint density at radius 1 is 1.07 bits per heavy atom. The second kappa shape index (κ2) is 7.31. The summed E-state index contributed by atoms with van der Waals surface area (Å²) >= 11 is 1.48. The highest BCUT2D eigenvalue weighted by molar-refractivity contribution is 8.00. The van der Waals surface area contributed by atoms with Gasteiger partial charge in [0, 0.05) is 17.2 Å². The van der Waals surface area contributed by atoms with Crippen molar-refractivity contribution in [3.8, 4) is 5.69 Å². The Labute approximate surface area is 164 Å². The molecule has 1 heterocycles. The Morgan fingerprint density at radius 3 is 2.48 bits per heavy atom. The third kappa shape index (κ3) is 3.69. The number of aromatic nitrogens is 3. The molecule has 0 amide bonds. The lowest BCUT2D eigenvalue weighted by Gasteiger charge is -2.13. The maximum absolute atomic E-state index is 12.9. The molecule has 1 aliphatic rings. The van der Waals surface area contributed by atoms with Gasteiger partial charge < -0.3 is 0 Å². The van der Waals surface area contributed by atoms with E-state index in [1.807, 2.05) is 50.2 Å². The topological polar surface area (TPSA) is 47.8 Å². The zero-order valence-corrected chi connectivity index (χ0v) is 16.7. The van der Waals surface area contributed by atoms with Gasteiger partial charge in [-0.1, -0.05) is 42.1 Å². The van der Waals surface area contributed by atoms with Gasteiger partial charge in [-0.2, -0.15) is 0 Å². The van der Waals surface area contributed by atoms with Crippen LogP contribution in [0.5, 0.6) is 0 Å². The van der Waals surface area contributed by atoms with Crippen LogP contribution in [0.2, 0.25) is 0 Å². The van der Waals surface area contributed by atoms with Crippen molar-refractivity contribution in [1.82, 2.24) is 14.8 Å². The van der Waals surface area contributed by atoms with E-state index in [0.29, 0.717) is 5.92 Å². The first-order valence-electron chi connectivity index (χ1n) is 9.33. The zero-order chi connectivity index (χ0) is 19.0. The van der Waals surface area contributed by atoms with Gasteiger partial charge in [0.15, 0.2) is 10.9 Å². The highest BCUT2D eigenvalue weighted by Crippen LogP contribution is 2.41. The number of carbonyl (C=O) groups excluding carboxylic acids is 1. The molecule has 1 aromatic heterocycles. The molecule has 2 aromatic carbocycles. The summed E-state index contributed by atoms with van der Waals surface area (Å²) in [5, 5.41) is 9.43. The number of hydrogen-bond acceptors (Lipinski definition) is 4. The third-order valence-corrected chi connectivity index (χ3v) is 6.10. The average Bonchev–Trinajstić information content (AvgIpc) is 3.44. The highest BCUT2D eigenvalue weighted by Gasteiger charge is 2.32. The lowest BCUT2D eigenvalue weighted by molar-refractivity contribution is 0.0993. The molecular weight excluding hydrogens is 354 g/mol. The predicted octanol–water partition coefficient (Wildman–Crippen LogP) is 5.13. The number of Topliss-reactive ketones (excluding diaryl/α,β-unsaturated/α-hetero) is 1. The monoisotopic (exact) mass is 377 g/mol. The highest BCUT2D eigenvalue weighted by atomic mass is 32.2. The lowest BCUT2D eigenvalue weighted by Crippen LogP contribution is -2.15. The van der Waals surface area contributed by atoms with Crippen LogP contribution in [0.1, 0.15) is 53.0 Å². The molecule has 4 rings (SSSR count). The van der Waals surface area contributed by atoms with Gasteiger partial charge in [-0.15, -0.1) is 10.2 Å². The third-order valence-electron chi connectivity index (χ3n) is 5.06. The molecule has 1 saturated carbocycles. The summed E-state index contributed by atoms with van der Waals surface area (Å²) in [6.07, 6.45) is 2.32. The SMILES string of the molecule is Cc1ccc(C(=O)[C@@H](C)Sc2nnc(C3CC3)n2-c2ccccc2)cc1C. The first kappa shape index (κ1) is 18.0. The second-order valence-corrected chi connectivity index (χ2v) is 8.52. The largest absolute Gasteiger partial charge is 0.293 e. The standard InChI is InChI=1S/C22H23N3OS/c1-14-9-10-18(13-15(14)2)20(26)16(3)27-22-24-23-21(17-11-12-17)25(22)19-7-5-4-6-8-19/h4-10,13,16-17H,11-12H2,1-3H3/t16-/m1/s1. The number of para-hydroxylation sites is 1. The maximum atomic E-state index is 12.9. The minimum Gasteiger partial charge on any atom is -0.293 e. The summed E-state index contributed by atoms with van der Waals surface area (Å²) in [6, 6.07) is 16.1. The van der Waals surface area contributed by atoms with Crippen LogP contribution in [0.4, 0.5) is 0 Å². The van der Waals surface area contributed by atoms with E-state index in [4.69, 9.17) is 0 Å². The molecule has 1 atom stereocenters. The molecule has 0 aliphatic heterocycles. The van der Waals surface area contributed by atoms with Crippen LogP contribution in [0.25, 0.3) is 5.69 Å². The number of aryl methyl sites for hydroxylation is 2. The van der Waals surface area contributed by atoms with E-state index in [2.05, 4.69) is 33.8 Å². The lowest BCUT2D eigenvalue weighted by atomic mass is 10.0. The Bertz CT molecular complexity index is 976. The van der Waals surface area contributed by atoms with Gasteiger partial charge in [-0.05, 0) is 62.9 Å². The predicted molar refractivity (Wildman–Crippen MR) is 109 cm³/mol. The summed E-state index contributed by atoms with van der Waals surface area (Å²) < 4.78 is 2.12. The number of hydrogen-bond donors (Lipinski definition) is 0. The fourth-order valence-electron chi connectivity index (χ4n) is 3.12. The number of thioether (sulfide) groups is 1. The van der Waals surface area contributed by atoms with Crippen LogP contribution >= 0.6 is 11.8 Å². The Balaban J connectivity index is 1.62. The van der Waals surface area contributed by atoms with Crippen molar-refractivity contribution in [2.45, 2.75) is 49.9 Å². The number of rotatable bonds is 6. The smallest absolute Gasteiger partial charge is 0.196 e. The minimum absolute atomic E-state index is 0.124. The van der Waals surface area contributed by atoms with Crippen LogP contribution in [0.3, 0.4) is 0 Å². The number of ketones is 1. The minimum atomic E-state index is -0.231. The van der Waals surface area contributed by atoms with E-state index in [-0.39, 0.29) is 11.0 Å². The molecule has 0 bridgehead atoms. The Morgan fingerprint density at radius 2 is 1.81 bits per heavy atom. The molecule has 0 radical (unpaired) electrons. The van der Waals surface area contributed by atoms with Gasteiger partial charge in [-0.3, -0.25) is 9.36 Å². The fraction of sp³-hybridized carbons (Fsp3) is 0.318. The molecule has 27 heavy (non-hydrogen) atoms. The van der Waals surface area contributed by atoms with E-state index in [9.17, 15) is 4.79 Å². The summed E-state index contributed by atoms with van der Waals surface area (Å²) in [5.41, 5.74) is 4.15. The van der Waals surface area contributed by atoms with E-state index in [0.717, 1.165) is 40.6 Å². The molecular formula is C22H23N3OS. The van der Waals surface area contributed by atoms with Gasteiger partial charge in [0.25, 0.3) is 0 Å². The molecule has 3 aromatic rings. The molecule has 0 spiro atoms. The van der Waals surface area contributed by atoms with Gasteiger partial charge in [0.2, 0.25) is 0 Å². The van der Waals surface area contributed by atoms with Crippen molar-refractivity contribution in [3.05, 3.63) is 71.0 Å². The summed E-state index contributed by atoms with van der Waals surface area (Å²) in [7, 11) is 0. The van der Waals surface area contributed by atoms with Crippen molar-refractivity contribution >= 4 is 17.5 Å². The number of nitrogens with zero attached hydrogens (tertiary/aromatic N) is 3. The van der Waals surface area contributed by atoms with E-state index < -0.39 is 0 Å². The van der Waals surface area contributed by atoms with E-state index >= 15 is 0 Å². The van der Waals surface area contributed by atoms with Crippen molar-refractivity contribution in [2.75, 3.05) is 0 Å². The molecule has 1 fully saturated rings. The normalized spacial score (nSPS) is 14.9. The summed E-state index contributed by atoms with van der Waals surface area (Å²) in [4.78, 5) is 12.9. The summed E-state index contributed by atoms with van der Waals surface area (Å²) in [5.74, 6) is 1.62. The van der Waals surface area contributed by atoms with Gasteiger partial charge >= 0.3 is 0 Å². The van der Waals surface area contributed by atoms with Crippen LogP contribution in [0, 0.1) is 13.8 Å². The Hall–Kier alpha value is -2.40. The quantitative estimate of drug-likeness (QED) is 0.442. The number of carbonyl (C=O) groups is 1. The molecule has 0 unspecified atom stereocenters. The average molecular weight is 378 g/mol. The molecule has 138 valence electrons. The van der Waals surface area contributed by atoms with Gasteiger partial charge in [0.1, 0.15) is 5.82 Å². The zero-order valence-electron chi connectivity index (χ0n) is 15.8. The fourth-order valence-corrected chi connectivity index (χ4v) is 4.08. The maximum Gasteiger partial charge on any atom is 0.196 e. The number of benzene rings is 2. The van der Waals surface area contributed by atoms with Crippen LogP contribution in [-0.4, -0.2) is 25.8 Å². The van der Waals surface area contributed by atoms with Crippen LogP contribution < -0.4 is 0 Å². The molecule has 5 heteroatoms. The van der Waals surface area contributed by atoms with Crippen LogP contribution in [0.15, 0.2) is 53.7 Å². The Kier molecular flexibility index (Phi) is 4.87. The van der Waals surface area contributed by atoms with Crippen LogP contribution in [-0.2, 0) is 0 Å². The molecule has 0 N–H and O–H groups in total. The molecule has 1 aliphatic carbocycles. The van der Waals surface area contributed by atoms with Crippen molar-refractivity contribution in [1.29, 1.82) is 0 Å². The van der Waals surface area contributed by atoms with Crippen molar-refractivity contribution < 1.29 is 4.79 Å². The first-order chi connectivity index (χ1) is 13.0.